The number of rotatable bonds is 11. The number of anilines is 1. The van der Waals surface area contributed by atoms with Gasteiger partial charge in [0.15, 0.2) is 5.75 Å². The Morgan fingerprint density at radius 3 is 1.87 bits per heavy atom. The van der Waals surface area contributed by atoms with Crippen molar-refractivity contribution in [2.75, 3.05) is 97.5 Å². The van der Waals surface area contributed by atoms with Gasteiger partial charge in [-0.25, -0.2) is 18.4 Å². The zero-order chi connectivity index (χ0) is 28.0. The summed E-state index contributed by atoms with van der Waals surface area (Å²) in [7, 11) is -0.0752. The van der Waals surface area contributed by atoms with Gasteiger partial charge in [-0.05, 0) is 38.4 Å². The summed E-state index contributed by atoms with van der Waals surface area (Å²) in [6.45, 7) is 10.3. The maximum absolute atomic E-state index is 12.7. The fourth-order valence-corrected chi connectivity index (χ4v) is 5.58. The van der Waals surface area contributed by atoms with Crippen LogP contribution in [0.15, 0.2) is 47.4 Å². The first-order valence-corrected chi connectivity index (χ1v) is 14.9. The first-order chi connectivity index (χ1) is 18.6. The third-order valence-corrected chi connectivity index (χ3v) is 8.37. The number of carbonyl (C=O) groups is 1. The van der Waals surface area contributed by atoms with Crippen LogP contribution >= 0.6 is 0 Å². The summed E-state index contributed by atoms with van der Waals surface area (Å²) in [6, 6.07) is 11.4. The van der Waals surface area contributed by atoms with Crippen LogP contribution in [-0.4, -0.2) is 132 Å². The number of primary sulfonamides is 1. The molecule has 2 fully saturated rings. The molecule has 2 aliphatic heterocycles. The van der Waals surface area contributed by atoms with Crippen molar-refractivity contribution < 1.29 is 23.1 Å². The van der Waals surface area contributed by atoms with E-state index in [0.29, 0.717) is 24.5 Å². The maximum atomic E-state index is 12.7. The molecule has 2 aromatic rings. The van der Waals surface area contributed by atoms with Gasteiger partial charge in [-0.15, -0.1) is 0 Å². The first kappa shape index (κ1) is 29.2. The number of hydrogen-bond donors (Lipinski definition) is 2. The molecule has 4 rings (SSSR count). The number of benzene rings is 2. The van der Waals surface area contributed by atoms with Gasteiger partial charge in [0.05, 0.1) is 11.3 Å². The van der Waals surface area contributed by atoms with E-state index >= 15 is 0 Å². The summed E-state index contributed by atoms with van der Waals surface area (Å²) in [4.78, 5) is 23.1. The smallest absolute Gasteiger partial charge is 0.335 e. The predicted molar refractivity (Wildman–Crippen MR) is 151 cm³/mol. The molecule has 12 heteroatoms. The van der Waals surface area contributed by atoms with Gasteiger partial charge in [0, 0.05) is 78.5 Å². The molecular weight excluding hydrogens is 520 g/mol. The van der Waals surface area contributed by atoms with Gasteiger partial charge < -0.3 is 24.5 Å². The molecule has 2 heterocycles. The number of nitrogens with two attached hydrogens (primary N) is 1. The Bertz CT molecular complexity index is 1190. The summed E-state index contributed by atoms with van der Waals surface area (Å²) in [6.07, 6.45) is 0. The van der Waals surface area contributed by atoms with E-state index in [9.17, 15) is 18.3 Å². The van der Waals surface area contributed by atoms with Crippen molar-refractivity contribution in [3.05, 3.63) is 48.0 Å². The summed E-state index contributed by atoms with van der Waals surface area (Å²) in [5, 5.41) is 15.5. The summed E-state index contributed by atoms with van der Waals surface area (Å²) < 4.78 is 31.6. The maximum Gasteiger partial charge on any atom is 0.335 e. The molecule has 0 unspecified atom stereocenters. The third kappa shape index (κ3) is 8.13. The highest BCUT2D eigenvalue weighted by Gasteiger charge is 2.27. The second-order valence-corrected chi connectivity index (χ2v) is 11.9. The second kappa shape index (κ2) is 13.1. The van der Waals surface area contributed by atoms with E-state index in [4.69, 9.17) is 9.88 Å². The first-order valence-electron chi connectivity index (χ1n) is 13.3. The largest absolute Gasteiger partial charge is 0.478 e. The minimum absolute atomic E-state index is 0.0467. The molecule has 2 aromatic carbocycles. The van der Waals surface area contributed by atoms with E-state index in [0.717, 1.165) is 71.5 Å². The molecule has 0 amide bonds. The predicted octanol–water partition coefficient (Wildman–Crippen LogP) is 1.13. The molecular formula is C27H40N6O5S. The minimum atomic E-state index is -4.30. The molecule has 0 bridgehead atoms. The van der Waals surface area contributed by atoms with E-state index in [2.05, 4.69) is 38.6 Å². The zero-order valence-corrected chi connectivity index (χ0v) is 23.6. The summed E-state index contributed by atoms with van der Waals surface area (Å²) >= 11 is 0. The third-order valence-electron chi connectivity index (χ3n) is 7.46. The molecule has 0 atom stereocenters. The molecule has 0 aromatic heterocycles. The number of carboxylic acid groups (broad SMARTS) is 1. The molecule has 214 valence electrons. The van der Waals surface area contributed by atoms with Gasteiger partial charge in [-0.1, -0.05) is 18.2 Å². The molecule has 2 saturated heterocycles. The number of nitrogens with zero attached hydrogens (tertiary/aromatic N) is 5. The van der Waals surface area contributed by atoms with Crippen LogP contribution in [0, 0.1) is 0 Å². The van der Waals surface area contributed by atoms with E-state index in [1.165, 1.54) is 6.07 Å². The lowest BCUT2D eigenvalue weighted by Gasteiger charge is -2.37. The molecule has 0 radical (unpaired) electrons. The van der Waals surface area contributed by atoms with Crippen molar-refractivity contribution in [1.29, 1.82) is 0 Å². The highest BCUT2D eigenvalue weighted by atomic mass is 32.2. The Labute approximate surface area is 231 Å². The second-order valence-electron chi connectivity index (χ2n) is 10.4. The summed E-state index contributed by atoms with van der Waals surface area (Å²) in [5.41, 5.74) is 0.254. The number of aromatic carboxylic acids is 1. The molecule has 39 heavy (non-hydrogen) atoms. The monoisotopic (exact) mass is 560 g/mol. The van der Waals surface area contributed by atoms with Crippen molar-refractivity contribution in [2.24, 2.45) is 5.14 Å². The quantitative estimate of drug-likeness (QED) is 0.413. The summed E-state index contributed by atoms with van der Waals surface area (Å²) in [5.74, 6) is -0.749. The number of para-hydroxylation sites is 1. The van der Waals surface area contributed by atoms with Crippen LogP contribution in [0.25, 0.3) is 0 Å². The lowest BCUT2D eigenvalue weighted by atomic mass is 10.1. The molecule has 0 spiro atoms. The van der Waals surface area contributed by atoms with Crippen LogP contribution in [0.3, 0.4) is 0 Å². The lowest BCUT2D eigenvalue weighted by molar-refractivity contribution is 0.0696. The lowest BCUT2D eigenvalue weighted by Crippen LogP contribution is -2.49. The Balaban J connectivity index is 1.71. The van der Waals surface area contributed by atoms with Crippen LogP contribution in [0.2, 0.25) is 0 Å². The van der Waals surface area contributed by atoms with Crippen molar-refractivity contribution in [1.82, 2.24) is 19.6 Å². The number of likely N-dealkylation sites (N-methyl/N-ethyl adjacent to an activating group) is 2. The molecule has 2 aliphatic rings. The molecule has 3 N–H and O–H groups in total. The van der Waals surface area contributed by atoms with Gasteiger partial charge in [0.1, 0.15) is 10.6 Å². The Hall–Kier alpha value is -2.74. The van der Waals surface area contributed by atoms with Crippen molar-refractivity contribution >= 4 is 21.7 Å². The van der Waals surface area contributed by atoms with Gasteiger partial charge in [-0.2, -0.15) is 0 Å². The Morgan fingerprint density at radius 1 is 0.897 bits per heavy atom. The Morgan fingerprint density at radius 2 is 1.41 bits per heavy atom. The number of ether oxygens (including phenoxy) is 1. The van der Waals surface area contributed by atoms with Crippen LogP contribution < -0.4 is 14.8 Å². The highest BCUT2D eigenvalue weighted by Crippen LogP contribution is 2.39. The van der Waals surface area contributed by atoms with E-state index in [1.54, 1.807) is 24.3 Å². The molecule has 0 aliphatic carbocycles. The van der Waals surface area contributed by atoms with Gasteiger partial charge >= 0.3 is 5.97 Å². The topological polar surface area (TPSA) is 123 Å². The van der Waals surface area contributed by atoms with Crippen molar-refractivity contribution in [3.8, 4) is 11.5 Å². The minimum Gasteiger partial charge on any atom is -0.478 e. The fourth-order valence-electron chi connectivity index (χ4n) is 4.89. The van der Waals surface area contributed by atoms with Crippen molar-refractivity contribution in [2.45, 2.75) is 4.90 Å². The average molecular weight is 561 g/mol. The van der Waals surface area contributed by atoms with Gasteiger partial charge in [0.2, 0.25) is 10.0 Å². The van der Waals surface area contributed by atoms with Crippen molar-refractivity contribution in [3.63, 3.8) is 0 Å². The average Bonchev–Trinajstić information content (AvgIpc) is 2.91. The van der Waals surface area contributed by atoms with E-state index in [1.807, 2.05) is 6.07 Å². The van der Waals surface area contributed by atoms with Gasteiger partial charge in [0.25, 0.3) is 0 Å². The fraction of sp³-hybridized carbons (Fsp3) is 0.519. The van der Waals surface area contributed by atoms with Crippen LogP contribution in [-0.2, 0) is 10.0 Å². The number of sulfonamides is 1. The van der Waals surface area contributed by atoms with Gasteiger partial charge in [-0.3, -0.25) is 9.80 Å². The standard InChI is InChI=1S/C27H40N6O5S/c1-29-8-12-31(13-9-29)16-18-33(19-17-32-14-10-30(2)11-15-32)24-20-22(27(34)35)21-25(39(28,36)37)26(24)38-23-6-4-3-5-7-23/h3-7,20-21H,8-19H2,1-2H3,(H,34,35)(H2,28,36,37). The van der Waals surface area contributed by atoms with Crippen LogP contribution in [0.5, 0.6) is 11.5 Å². The SMILES string of the molecule is CN1CCN(CCN(CCN2CCN(C)CC2)c2cc(C(=O)O)cc(S(N)(=O)=O)c2Oc2ccccc2)CC1. The number of piperazine rings is 2. The molecule has 11 nitrogen and oxygen atoms in total. The normalized spacial score (nSPS) is 18.2. The zero-order valence-electron chi connectivity index (χ0n) is 22.8. The highest BCUT2D eigenvalue weighted by molar-refractivity contribution is 7.89. The number of hydrogen-bond acceptors (Lipinski definition) is 9. The van der Waals surface area contributed by atoms with E-state index < -0.39 is 16.0 Å². The molecule has 0 saturated carbocycles. The Kier molecular flexibility index (Phi) is 9.81. The van der Waals surface area contributed by atoms with Crippen LogP contribution in [0.4, 0.5) is 5.69 Å². The number of carboxylic acids is 1. The van der Waals surface area contributed by atoms with Crippen LogP contribution in [0.1, 0.15) is 10.4 Å². The van der Waals surface area contributed by atoms with E-state index in [-0.39, 0.29) is 16.2 Å².